The lowest BCUT2D eigenvalue weighted by Gasteiger charge is -2.18. The Hall–Kier alpha value is -3.41. The van der Waals surface area contributed by atoms with Gasteiger partial charge >= 0.3 is 0 Å². The van der Waals surface area contributed by atoms with E-state index < -0.39 is 7.14 Å². The molecule has 6 aromatic carbocycles. The topological polar surface area (TPSA) is 17.1 Å². The van der Waals surface area contributed by atoms with Crippen molar-refractivity contribution in [2.45, 2.75) is 0 Å². The number of hydrogen-bond donors (Lipinski definition) is 0. The van der Waals surface area contributed by atoms with Crippen LogP contribution in [0.15, 0.2) is 103 Å². The molecule has 0 aliphatic carbocycles. The second-order valence-electron chi connectivity index (χ2n) is 8.09. The van der Waals surface area contributed by atoms with Gasteiger partial charge in [-0.05, 0) is 43.9 Å². The number of benzene rings is 6. The van der Waals surface area contributed by atoms with Crippen LogP contribution in [-0.2, 0) is 4.57 Å². The SMILES string of the molecule is O=[P@@]1(c2ccccc2)c2ccccc2-c2c1cc1ccc3cccc4ccc2c1c34. The average Bonchev–Trinajstić information content (AvgIpc) is 3.07. The van der Waals surface area contributed by atoms with Gasteiger partial charge in [-0.2, -0.15) is 0 Å². The van der Waals surface area contributed by atoms with Crippen molar-refractivity contribution in [3.05, 3.63) is 103 Å². The summed E-state index contributed by atoms with van der Waals surface area (Å²) < 4.78 is 14.8. The van der Waals surface area contributed by atoms with Crippen molar-refractivity contribution in [3.63, 3.8) is 0 Å². The maximum Gasteiger partial charge on any atom is 0.172 e. The lowest BCUT2D eigenvalue weighted by atomic mass is 9.90. The van der Waals surface area contributed by atoms with E-state index in [4.69, 9.17) is 0 Å². The van der Waals surface area contributed by atoms with Crippen molar-refractivity contribution < 1.29 is 4.57 Å². The maximum atomic E-state index is 14.8. The van der Waals surface area contributed by atoms with Gasteiger partial charge in [-0.1, -0.05) is 97.1 Å². The van der Waals surface area contributed by atoms with Crippen LogP contribution >= 0.6 is 7.14 Å². The molecule has 0 N–H and O–H groups in total. The third kappa shape index (κ3) is 1.87. The molecule has 0 aromatic heterocycles. The molecule has 0 bridgehead atoms. The van der Waals surface area contributed by atoms with Crippen LogP contribution in [0, 0.1) is 0 Å². The third-order valence-electron chi connectivity index (χ3n) is 6.60. The number of fused-ring (bicyclic) bond motifs is 4. The normalized spacial score (nSPS) is 17.6. The minimum Gasteiger partial charge on any atom is -0.309 e. The van der Waals surface area contributed by atoms with Gasteiger partial charge in [0.2, 0.25) is 0 Å². The van der Waals surface area contributed by atoms with Crippen LogP contribution in [0.5, 0.6) is 0 Å². The molecule has 0 saturated heterocycles. The van der Waals surface area contributed by atoms with E-state index in [1.165, 1.54) is 26.9 Å². The summed E-state index contributed by atoms with van der Waals surface area (Å²) in [4.78, 5) is 0. The maximum absolute atomic E-state index is 14.8. The molecule has 0 unspecified atom stereocenters. The van der Waals surface area contributed by atoms with Crippen LogP contribution in [0.3, 0.4) is 0 Å². The average molecular weight is 400 g/mol. The summed E-state index contributed by atoms with van der Waals surface area (Å²) in [6, 6.07) is 35.7. The third-order valence-corrected chi connectivity index (χ3v) is 9.72. The molecule has 1 atom stereocenters. The Labute approximate surface area is 174 Å². The van der Waals surface area contributed by atoms with E-state index in [2.05, 4.69) is 66.7 Å². The first kappa shape index (κ1) is 16.4. The first-order valence-corrected chi connectivity index (χ1v) is 11.9. The highest BCUT2D eigenvalue weighted by Gasteiger charge is 2.41. The summed E-state index contributed by atoms with van der Waals surface area (Å²) in [5, 5.41) is 10.3. The van der Waals surface area contributed by atoms with E-state index in [9.17, 15) is 4.57 Å². The van der Waals surface area contributed by atoms with Crippen LogP contribution in [0.2, 0.25) is 0 Å². The molecule has 1 nitrogen and oxygen atoms in total. The Morgan fingerprint density at radius 1 is 0.533 bits per heavy atom. The highest BCUT2D eigenvalue weighted by atomic mass is 31.2. The second kappa shape index (κ2) is 5.59. The molecular formula is C28H17OP. The van der Waals surface area contributed by atoms with Gasteiger partial charge in [0.15, 0.2) is 7.14 Å². The van der Waals surface area contributed by atoms with Crippen LogP contribution in [-0.4, -0.2) is 0 Å². The van der Waals surface area contributed by atoms with Crippen molar-refractivity contribution in [3.8, 4) is 11.1 Å². The van der Waals surface area contributed by atoms with E-state index >= 15 is 0 Å². The Kier molecular flexibility index (Phi) is 3.06. The molecule has 2 heteroatoms. The summed E-state index contributed by atoms with van der Waals surface area (Å²) in [5.41, 5.74) is 2.25. The second-order valence-corrected chi connectivity index (χ2v) is 10.8. The van der Waals surface area contributed by atoms with Crippen molar-refractivity contribution in [2.75, 3.05) is 0 Å². The Morgan fingerprint density at radius 3 is 2.07 bits per heavy atom. The van der Waals surface area contributed by atoms with Crippen molar-refractivity contribution in [1.82, 2.24) is 0 Å². The zero-order chi connectivity index (χ0) is 19.9. The molecule has 1 aliphatic rings. The highest BCUT2D eigenvalue weighted by molar-refractivity contribution is 7.86. The molecule has 7 rings (SSSR count). The fourth-order valence-corrected chi connectivity index (χ4v) is 8.44. The van der Waals surface area contributed by atoms with Crippen molar-refractivity contribution in [1.29, 1.82) is 0 Å². The molecule has 140 valence electrons. The van der Waals surface area contributed by atoms with E-state index in [1.54, 1.807) is 0 Å². The van der Waals surface area contributed by atoms with Gasteiger partial charge in [0.25, 0.3) is 0 Å². The first-order chi connectivity index (χ1) is 14.8. The van der Waals surface area contributed by atoms with E-state index in [0.717, 1.165) is 32.4 Å². The molecule has 0 fully saturated rings. The Bertz CT molecular complexity index is 1650. The molecule has 1 aliphatic heterocycles. The Balaban J connectivity index is 1.74. The molecule has 30 heavy (non-hydrogen) atoms. The van der Waals surface area contributed by atoms with Gasteiger partial charge < -0.3 is 4.57 Å². The van der Waals surface area contributed by atoms with E-state index in [0.29, 0.717) is 0 Å². The molecule has 0 radical (unpaired) electrons. The minimum atomic E-state index is -2.92. The summed E-state index contributed by atoms with van der Waals surface area (Å²) >= 11 is 0. The van der Waals surface area contributed by atoms with Gasteiger partial charge in [0.05, 0.1) is 0 Å². The first-order valence-electron chi connectivity index (χ1n) is 10.2. The lowest BCUT2D eigenvalue weighted by molar-refractivity contribution is 0.593. The lowest BCUT2D eigenvalue weighted by Crippen LogP contribution is -2.20. The zero-order valence-corrected chi connectivity index (χ0v) is 17.1. The quantitative estimate of drug-likeness (QED) is 0.237. The summed E-state index contributed by atoms with van der Waals surface area (Å²) in [7, 11) is -2.92. The highest BCUT2D eigenvalue weighted by Crippen LogP contribution is 2.55. The molecule has 0 amide bonds. The van der Waals surface area contributed by atoms with Gasteiger partial charge in [-0.3, -0.25) is 0 Å². The largest absolute Gasteiger partial charge is 0.309 e. The summed E-state index contributed by atoms with van der Waals surface area (Å²) in [6.45, 7) is 0. The molecule has 1 heterocycles. The zero-order valence-electron chi connectivity index (χ0n) is 16.2. The van der Waals surface area contributed by atoms with Crippen molar-refractivity contribution >= 4 is 55.4 Å². The molecule has 0 saturated carbocycles. The fourth-order valence-electron chi connectivity index (χ4n) is 5.33. The van der Waals surface area contributed by atoms with Gasteiger partial charge in [-0.25, -0.2) is 0 Å². The van der Waals surface area contributed by atoms with E-state index in [-0.39, 0.29) is 0 Å². The Morgan fingerprint density at radius 2 is 1.23 bits per heavy atom. The predicted molar refractivity (Wildman–Crippen MR) is 129 cm³/mol. The van der Waals surface area contributed by atoms with E-state index in [1.807, 2.05) is 36.4 Å². The monoisotopic (exact) mass is 400 g/mol. The minimum absolute atomic E-state index is 0.906. The van der Waals surface area contributed by atoms with Gasteiger partial charge in [0.1, 0.15) is 0 Å². The smallest absolute Gasteiger partial charge is 0.172 e. The molecule has 0 spiro atoms. The summed E-state index contributed by atoms with van der Waals surface area (Å²) in [6.07, 6.45) is 0. The summed E-state index contributed by atoms with van der Waals surface area (Å²) in [5.74, 6) is 0. The van der Waals surface area contributed by atoms with Crippen LogP contribution < -0.4 is 15.9 Å². The van der Waals surface area contributed by atoms with Crippen LogP contribution in [0.25, 0.3) is 43.4 Å². The number of rotatable bonds is 1. The van der Waals surface area contributed by atoms with Crippen molar-refractivity contribution in [2.24, 2.45) is 0 Å². The van der Waals surface area contributed by atoms with Crippen LogP contribution in [0.4, 0.5) is 0 Å². The fraction of sp³-hybridized carbons (Fsp3) is 0. The van der Waals surface area contributed by atoms with Crippen LogP contribution in [0.1, 0.15) is 0 Å². The number of hydrogen-bond acceptors (Lipinski definition) is 1. The standard InChI is InChI=1S/C28H17OP/c29-30(21-9-2-1-3-10-21)24-12-5-4-11-22(24)28-23-16-15-19-8-6-7-18-13-14-20(17-25(28)30)27(23)26(18)19/h1-17H/t30-/m0/s1. The predicted octanol–water partition coefficient (Wildman–Crippen LogP) is 6.20. The molecular weight excluding hydrogens is 383 g/mol. The van der Waals surface area contributed by atoms with Gasteiger partial charge in [0, 0.05) is 21.5 Å². The van der Waals surface area contributed by atoms with Gasteiger partial charge in [-0.15, -0.1) is 0 Å². The molecule has 6 aromatic rings.